The third-order valence-corrected chi connectivity index (χ3v) is 4.88. The van der Waals surface area contributed by atoms with Gasteiger partial charge in [0.1, 0.15) is 5.82 Å². The molecular weight excluding hydrogens is 289 g/mol. The summed E-state index contributed by atoms with van der Waals surface area (Å²) in [4.78, 5) is 12.9. The molecular formula is C16H20FNO2S. The van der Waals surface area contributed by atoms with E-state index in [-0.39, 0.29) is 23.7 Å². The van der Waals surface area contributed by atoms with Crippen LogP contribution in [0.2, 0.25) is 0 Å². The van der Waals surface area contributed by atoms with Gasteiger partial charge in [-0.25, -0.2) is 4.39 Å². The lowest BCUT2D eigenvalue weighted by Crippen LogP contribution is -2.34. The molecule has 1 heterocycles. The lowest BCUT2D eigenvalue weighted by atomic mass is 9.90. The summed E-state index contributed by atoms with van der Waals surface area (Å²) in [6.45, 7) is 6.32. The molecule has 0 aliphatic rings. The minimum absolute atomic E-state index is 0.0933. The Balaban J connectivity index is 2.21. The second-order valence-electron chi connectivity index (χ2n) is 5.99. The highest BCUT2D eigenvalue weighted by atomic mass is 32.1. The maximum Gasteiger partial charge on any atom is 0.261 e. The Labute approximate surface area is 127 Å². The molecule has 2 aromatic rings. The molecule has 0 unspecified atom stereocenters. The number of carbonyl (C=O) groups is 1. The van der Waals surface area contributed by atoms with E-state index >= 15 is 0 Å². The van der Waals surface area contributed by atoms with E-state index in [9.17, 15) is 9.18 Å². The Bertz CT molecular complexity index is 664. The zero-order chi connectivity index (χ0) is 15.6. The number of aliphatic hydroxyl groups is 1. The summed E-state index contributed by atoms with van der Waals surface area (Å²) in [5.41, 5.74) is 0.519. The van der Waals surface area contributed by atoms with E-state index in [1.807, 2.05) is 19.9 Å². The molecule has 114 valence electrons. The predicted octanol–water partition coefficient (Wildman–Crippen LogP) is 3.49. The third-order valence-electron chi connectivity index (χ3n) is 3.63. The van der Waals surface area contributed by atoms with E-state index in [4.69, 9.17) is 5.11 Å². The standard InChI is InChI=1S/C16H20FNO2S/c1-10-13-11(17)5-4-6-12(13)21-14(10)15(20)18-9-16(2,3)7-8-19/h4-6,19H,7-9H2,1-3H3,(H,18,20). The lowest BCUT2D eigenvalue weighted by Gasteiger charge is -2.23. The highest BCUT2D eigenvalue weighted by Crippen LogP contribution is 2.32. The fourth-order valence-electron chi connectivity index (χ4n) is 2.26. The molecule has 0 spiro atoms. The maximum atomic E-state index is 13.8. The molecule has 0 bridgehead atoms. The molecule has 2 rings (SSSR count). The first kappa shape index (κ1) is 15.9. The van der Waals surface area contributed by atoms with Gasteiger partial charge in [0.25, 0.3) is 5.91 Å². The van der Waals surface area contributed by atoms with Crippen LogP contribution in [-0.2, 0) is 0 Å². The molecule has 0 saturated heterocycles. The van der Waals surface area contributed by atoms with Crippen LogP contribution < -0.4 is 5.32 Å². The first-order chi connectivity index (χ1) is 9.85. The molecule has 3 nitrogen and oxygen atoms in total. The van der Waals surface area contributed by atoms with Gasteiger partial charge in [-0.2, -0.15) is 0 Å². The van der Waals surface area contributed by atoms with Crippen molar-refractivity contribution in [3.63, 3.8) is 0 Å². The summed E-state index contributed by atoms with van der Waals surface area (Å²) in [6.07, 6.45) is 0.618. The molecule has 2 N–H and O–H groups in total. The van der Waals surface area contributed by atoms with E-state index in [1.54, 1.807) is 13.0 Å². The van der Waals surface area contributed by atoms with E-state index in [0.29, 0.717) is 28.8 Å². The molecule has 1 amide bonds. The molecule has 1 aromatic carbocycles. The highest BCUT2D eigenvalue weighted by molar-refractivity contribution is 7.21. The molecule has 0 aliphatic heterocycles. The van der Waals surface area contributed by atoms with Crippen LogP contribution in [0.5, 0.6) is 0 Å². The van der Waals surface area contributed by atoms with Crippen molar-refractivity contribution in [2.45, 2.75) is 27.2 Å². The Kier molecular flexibility index (Phi) is 4.64. The van der Waals surface area contributed by atoms with Gasteiger partial charge in [-0.1, -0.05) is 19.9 Å². The van der Waals surface area contributed by atoms with Crippen molar-refractivity contribution in [3.05, 3.63) is 34.5 Å². The first-order valence-electron chi connectivity index (χ1n) is 6.92. The Morgan fingerprint density at radius 3 is 2.76 bits per heavy atom. The van der Waals surface area contributed by atoms with Gasteiger partial charge in [-0.15, -0.1) is 11.3 Å². The molecule has 0 aliphatic carbocycles. The Morgan fingerprint density at radius 1 is 1.43 bits per heavy atom. The minimum atomic E-state index is -0.291. The van der Waals surface area contributed by atoms with Crippen LogP contribution in [0.15, 0.2) is 18.2 Å². The number of nitrogens with one attached hydrogen (secondary N) is 1. The topological polar surface area (TPSA) is 49.3 Å². The fourth-order valence-corrected chi connectivity index (χ4v) is 3.40. The predicted molar refractivity (Wildman–Crippen MR) is 84.3 cm³/mol. The van der Waals surface area contributed by atoms with E-state index in [2.05, 4.69) is 5.32 Å². The first-order valence-corrected chi connectivity index (χ1v) is 7.74. The normalized spacial score (nSPS) is 11.9. The molecule has 0 atom stereocenters. The van der Waals surface area contributed by atoms with Gasteiger partial charge in [0, 0.05) is 23.2 Å². The molecule has 0 fully saturated rings. The summed E-state index contributed by atoms with van der Waals surface area (Å²) >= 11 is 1.31. The summed E-state index contributed by atoms with van der Waals surface area (Å²) < 4.78 is 14.6. The van der Waals surface area contributed by atoms with Crippen LogP contribution in [0, 0.1) is 18.2 Å². The van der Waals surface area contributed by atoms with Gasteiger partial charge < -0.3 is 10.4 Å². The number of thiophene rings is 1. The zero-order valence-corrected chi connectivity index (χ0v) is 13.3. The third kappa shape index (κ3) is 3.41. The van der Waals surface area contributed by atoms with Gasteiger partial charge in [0.05, 0.1) is 4.88 Å². The number of hydrogen-bond donors (Lipinski definition) is 2. The van der Waals surface area contributed by atoms with Crippen LogP contribution in [0.4, 0.5) is 4.39 Å². The van der Waals surface area contributed by atoms with E-state index < -0.39 is 0 Å². The summed E-state index contributed by atoms with van der Waals surface area (Å²) in [6, 6.07) is 4.89. The van der Waals surface area contributed by atoms with Gasteiger partial charge in [-0.3, -0.25) is 4.79 Å². The van der Waals surface area contributed by atoms with Crippen LogP contribution in [0.25, 0.3) is 10.1 Å². The molecule has 1 aromatic heterocycles. The quantitative estimate of drug-likeness (QED) is 0.888. The maximum absolute atomic E-state index is 13.8. The number of hydrogen-bond acceptors (Lipinski definition) is 3. The number of carbonyl (C=O) groups excluding carboxylic acids is 1. The summed E-state index contributed by atoms with van der Waals surface area (Å²) in [5.74, 6) is -0.472. The molecule has 5 heteroatoms. The van der Waals surface area contributed by atoms with Crippen molar-refractivity contribution in [3.8, 4) is 0 Å². The van der Waals surface area contributed by atoms with Crippen molar-refractivity contribution in [1.82, 2.24) is 5.32 Å². The number of rotatable bonds is 5. The van der Waals surface area contributed by atoms with Crippen molar-refractivity contribution < 1.29 is 14.3 Å². The van der Waals surface area contributed by atoms with Crippen molar-refractivity contribution in [2.75, 3.05) is 13.2 Å². The average molecular weight is 309 g/mol. The van der Waals surface area contributed by atoms with Gasteiger partial charge >= 0.3 is 0 Å². The summed E-state index contributed by atoms with van der Waals surface area (Å²) in [5, 5.41) is 12.4. The van der Waals surface area contributed by atoms with Crippen LogP contribution in [0.3, 0.4) is 0 Å². The SMILES string of the molecule is Cc1c(C(=O)NCC(C)(C)CCO)sc2cccc(F)c12. The average Bonchev–Trinajstić information content (AvgIpc) is 2.75. The van der Waals surface area contributed by atoms with Crippen LogP contribution in [0.1, 0.15) is 35.5 Å². The molecule has 21 heavy (non-hydrogen) atoms. The zero-order valence-electron chi connectivity index (χ0n) is 12.5. The highest BCUT2D eigenvalue weighted by Gasteiger charge is 2.21. The number of aryl methyl sites for hydroxylation is 1. The Hall–Kier alpha value is -1.46. The van der Waals surface area contributed by atoms with Gasteiger partial charge in [-0.05, 0) is 36.5 Å². The Morgan fingerprint density at radius 2 is 2.14 bits per heavy atom. The van der Waals surface area contributed by atoms with E-state index in [0.717, 1.165) is 4.70 Å². The fraction of sp³-hybridized carbons (Fsp3) is 0.438. The largest absolute Gasteiger partial charge is 0.396 e. The van der Waals surface area contributed by atoms with Gasteiger partial charge in [0.2, 0.25) is 0 Å². The summed E-state index contributed by atoms with van der Waals surface area (Å²) in [7, 11) is 0. The van der Waals surface area contributed by atoms with E-state index in [1.165, 1.54) is 17.4 Å². The van der Waals surface area contributed by atoms with Crippen LogP contribution in [-0.4, -0.2) is 24.2 Å². The number of benzene rings is 1. The van der Waals surface area contributed by atoms with Gasteiger partial charge in [0.15, 0.2) is 0 Å². The minimum Gasteiger partial charge on any atom is -0.396 e. The number of amides is 1. The second-order valence-corrected chi connectivity index (χ2v) is 7.04. The van der Waals surface area contributed by atoms with Crippen molar-refractivity contribution in [2.24, 2.45) is 5.41 Å². The number of fused-ring (bicyclic) bond motifs is 1. The lowest BCUT2D eigenvalue weighted by molar-refractivity contribution is 0.0932. The number of aliphatic hydroxyl groups excluding tert-OH is 1. The van der Waals surface area contributed by atoms with Crippen molar-refractivity contribution >= 4 is 27.3 Å². The van der Waals surface area contributed by atoms with Crippen molar-refractivity contribution in [1.29, 1.82) is 0 Å². The molecule has 0 saturated carbocycles. The smallest absolute Gasteiger partial charge is 0.261 e. The van der Waals surface area contributed by atoms with Crippen LogP contribution >= 0.6 is 11.3 Å². The molecule has 0 radical (unpaired) electrons. The number of halogens is 1. The second kappa shape index (κ2) is 6.12. The monoisotopic (exact) mass is 309 g/mol.